The largest absolute Gasteiger partial charge is 0.379 e. The summed E-state index contributed by atoms with van der Waals surface area (Å²) in [6.45, 7) is 7.65. The van der Waals surface area contributed by atoms with Gasteiger partial charge < -0.3 is 14.2 Å². The Kier molecular flexibility index (Phi) is 5.46. The van der Waals surface area contributed by atoms with Gasteiger partial charge in [-0.05, 0) is 20.8 Å². The van der Waals surface area contributed by atoms with Gasteiger partial charge in [0, 0.05) is 13.7 Å². The molecule has 0 aromatic rings. The van der Waals surface area contributed by atoms with Gasteiger partial charge in [0.15, 0.2) is 5.79 Å². The molecule has 0 saturated heterocycles. The summed E-state index contributed by atoms with van der Waals surface area (Å²) in [5.74, 6) is -0.489. The number of hydrogen-bond acceptors (Lipinski definition) is 3. The smallest absolute Gasteiger partial charge is 0.162 e. The topological polar surface area (TPSA) is 27.7 Å². The van der Waals surface area contributed by atoms with Crippen LogP contribution in [0.3, 0.4) is 0 Å². The fourth-order valence-corrected chi connectivity index (χ4v) is 0.550. The van der Waals surface area contributed by atoms with Gasteiger partial charge in [0.1, 0.15) is 0 Å². The minimum absolute atomic E-state index is 0.489. The lowest BCUT2D eigenvalue weighted by atomic mass is 10.4. The molecular weight excluding hydrogens is 144 g/mol. The summed E-state index contributed by atoms with van der Waals surface area (Å²) < 4.78 is 15.5. The first-order chi connectivity index (χ1) is 5.12. The van der Waals surface area contributed by atoms with Crippen LogP contribution >= 0.6 is 0 Å². The van der Waals surface area contributed by atoms with E-state index >= 15 is 0 Å². The molecule has 0 unspecified atom stereocenters. The second kappa shape index (κ2) is 5.52. The molecule has 0 radical (unpaired) electrons. The van der Waals surface area contributed by atoms with Crippen LogP contribution in [0.15, 0.2) is 0 Å². The molecule has 3 nitrogen and oxygen atoms in total. The molecule has 0 amide bonds. The van der Waals surface area contributed by atoms with E-state index in [1.165, 1.54) is 0 Å². The zero-order valence-corrected chi connectivity index (χ0v) is 7.85. The highest BCUT2D eigenvalue weighted by molar-refractivity contribution is 4.50. The number of methoxy groups -OCH3 is 1. The van der Waals surface area contributed by atoms with Crippen LogP contribution in [0.5, 0.6) is 0 Å². The zero-order chi connectivity index (χ0) is 8.74. The van der Waals surface area contributed by atoms with Crippen LogP contribution < -0.4 is 0 Å². The van der Waals surface area contributed by atoms with Crippen molar-refractivity contribution in [1.29, 1.82) is 0 Å². The summed E-state index contributed by atoms with van der Waals surface area (Å²) in [6, 6.07) is 0. The van der Waals surface area contributed by atoms with Crippen LogP contribution in [-0.4, -0.2) is 32.7 Å². The van der Waals surface area contributed by atoms with Crippen molar-refractivity contribution >= 4 is 0 Å². The second-order valence-corrected chi connectivity index (χ2v) is 2.65. The maximum atomic E-state index is 5.33. The first kappa shape index (κ1) is 10.9. The highest BCUT2D eigenvalue weighted by atomic mass is 16.7. The zero-order valence-electron chi connectivity index (χ0n) is 7.85. The molecule has 0 aromatic carbocycles. The van der Waals surface area contributed by atoms with Crippen molar-refractivity contribution in [1.82, 2.24) is 0 Å². The first-order valence-corrected chi connectivity index (χ1v) is 3.89. The van der Waals surface area contributed by atoms with Crippen molar-refractivity contribution in [3.05, 3.63) is 0 Å². The average molecular weight is 162 g/mol. The molecule has 0 rings (SSSR count). The van der Waals surface area contributed by atoms with Crippen molar-refractivity contribution in [3.63, 3.8) is 0 Å². The van der Waals surface area contributed by atoms with E-state index in [-0.39, 0.29) is 0 Å². The quantitative estimate of drug-likeness (QED) is 0.436. The maximum absolute atomic E-state index is 5.33. The Labute approximate surface area is 68.6 Å². The molecule has 11 heavy (non-hydrogen) atoms. The van der Waals surface area contributed by atoms with E-state index in [1.54, 1.807) is 7.11 Å². The molecule has 0 atom stereocenters. The molecule has 0 aromatic heterocycles. The lowest BCUT2D eigenvalue weighted by Crippen LogP contribution is -2.28. The Balaban J connectivity index is 3.23. The van der Waals surface area contributed by atoms with Gasteiger partial charge in [-0.25, -0.2) is 0 Å². The van der Waals surface area contributed by atoms with Gasteiger partial charge in [-0.15, -0.1) is 0 Å². The molecule has 3 heteroatoms. The third kappa shape index (κ3) is 6.28. The Morgan fingerprint density at radius 2 is 1.82 bits per heavy atom. The van der Waals surface area contributed by atoms with Crippen LogP contribution in [0.25, 0.3) is 0 Å². The number of rotatable bonds is 6. The third-order valence-corrected chi connectivity index (χ3v) is 1.37. The van der Waals surface area contributed by atoms with Crippen LogP contribution in [0.1, 0.15) is 20.8 Å². The Morgan fingerprint density at radius 3 is 2.27 bits per heavy atom. The van der Waals surface area contributed by atoms with Gasteiger partial charge in [-0.2, -0.15) is 0 Å². The fraction of sp³-hybridized carbons (Fsp3) is 1.00. The van der Waals surface area contributed by atoms with Crippen LogP contribution in [-0.2, 0) is 14.2 Å². The number of ether oxygens (including phenoxy) is 3. The van der Waals surface area contributed by atoms with Gasteiger partial charge in [0.25, 0.3) is 0 Å². The van der Waals surface area contributed by atoms with E-state index in [9.17, 15) is 0 Å². The molecule has 0 spiro atoms. The molecule has 0 aliphatic carbocycles. The number of hydrogen-bond donors (Lipinski definition) is 0. The van der Waals surface area contributed by atoms with Gasteiger partial charge in [-0.3, -0.25) is 0 Å². The van der Waals surface area contributed by atoms with Gasteiger partial charge in [-0.1, -0.05) is 0 Å². The first-order valence-electron chi connectivity index (χ1n) is 3.89. The van der Waals surface area contributed by atoms with Gasteiger partial charge in [0.2, 0.25) is 0 Å². The van der Waals surface area contributed by atoms with Crippen molar-refractivity contribution < 1.29 is 14.2 Å². The standard InChI is InChI=1S/C8H18O3/c1-5-10-6-7-11-8(2,3)9-4/h5-7H2,1-4H3. The molecule has 0 N–H and O–H groups in total. The van der Waals surface area contributed by atoms with E-state index < -0.39 is 5.79 Å². The Hall–Kier alpha value is -0.120. The van der Waals surface area contributed by atoms with E-state index in [0.29, 0.717) is 13.2 Å². The summed E-state index contributed by atoms with van der Waals surface area (Å²) in [4.78, 5) is 0. The predicted molar refractivity (Wildman–Crippen MR) is 43.5 cm³/mol. The monoisotopic (exact) mass is 162 g/mol. The van der Waals surface area contributed by atoms with Crippen molar-refractivity contribution in [2.75, 3.05) is 26.9 Å². The normalized spacial score (nSPS) is 12.0. The second-order valence-electron chi connectivity index (χ2n) is 2.65. The highest BCUT2D eigenvalue weighted by Crippen LogP contribution is 2.08. The van der Waals surface area contributed by atoms with E-state index in [1.807, 2.05) is 20.8 Å². The van der Waals surface area contributed by atoms with Gasteiger partial charge in [0.05, 0.1) is 13.2 Å². The lowest BCUT2D eigenvalue weighted by Gasteiger charge is -2.23. The minimum Gasteiger partial charge on any atom is -0.379 e. The molecule has 68 valence electrons. The van der Waals surface area contributed by atoms with Crippen LogP contribution in [0.4, 0.5) is 0 Å². The van der Waals surface area contributed by atoms with Crippen molar-refractivity contribution in [3.8, 4) is 0 Å². The highest BCUT2D eigenvalue weighted by Gasteiger charge is 2.15. The van der Waals surface area contributed by atoms with Crippen molar-refractivity contribution in [2.45, 2.75) is 26.6 Å². The SMILES string of the molecule is CCOCCOC(C)(C)OC. The fourth-order valence-electron chi connectivity index (χ4n) is 0.550. The van der Waals surface area contributed by atoms with Gasteiger partial charge >= 0.3 is 0 Å². The molecule has 0 fully saturated rings. The lowest BCUT2D eigenvalue weighted by molar-refractivity contribution is -0.202. The van der Waals surface area contributed by atoms with Crippen molar-refractivity contribution in [2.24, 2.45) is 0 Å². The molecule has 0 aliphatic heterocycles. The Morgan fingerprint density at radius 1 is 1.18 bits per heavy atom. The van der Waals surface area contributed by atoms with E-state index in [2.05, 4.69) is 0 Å². The van der Waals surface area contributed by atoms with E-state index in [4.69, 9.17) is 14.2 Å². The predicted octanol–water partition coefficient (Wildman–Crippen LogP) is 1.42. The summed E-state index contributed by atoms with van der Waals surface area (Å²) in [5.41, 5.74) is 0. The molecule has 0 bridgehead atoms. The summed E-state index contributed by atoms with van der Waals surface area (Å²) in [5, 5.41) is 0. The average Bonchev–Trinajstić information content (AvgIpc) is 1.99. The summed E-state index contributed by atoms with van der Waals surface area (Å²) >= 11 is 0. The molecular formula is C8H18O3. The molecule has 0 saturated carbocycles. The summed E-state index contributed by atoms with van der Waals surface area (Å²) in [6.07, 6.45) is 0. The Bertz CT molecular complexity index is 91.3. The third-order valence-electron chi connectivity index (χ3n) is 1.37. The maximum Gasteiger partial charge on any atom is 0.162 e. The summed E-state index contributed by atoms with van der Waals surface area (Å²) in [7, 11) is 1.63. The van der Waals surface area contributed by atoms with E-state index in [0.717, 1.165) is 6.61 Å². The minimum atomic E-state index is -0.489. The molecule has 0 heterocycles. The van der Waals surface area contributed by atoms with Crippen LogP contribution in [0, 0.1) is 0 Å². The van der Waals surface area contributed by atoms with Crippen LogP contribution in [0.2, 0.25) is 0 Å². The molecule has 0 aliphatic rings.